The van der Waals surface area contributed by atoms with Crippen LogP contribution in [-0.2, 0) is 16.2 Å². The van der Waals surface area contributed by atoms with Gasteiger partial charge in [-0.2, -0.15) is 0 Å². The van der Waals surface area contributed by atoms with E-state index in [0.717, 1.165) is 5.56 Å². The molecular formula is C15H22N2O3. The first kappa shape index (κ1) is 14.8. The number of nitrogens with one attached hydrogen (secondary N) is 1. The molecule has 1 fully saturated rings. The second-order valence-corrected chi connectivity index (χ2v) is 5.87. The molecule has 5 nitrogen and oxygen atoms in total. The highest BCUT2D eigenvalue weighted by Crippen LogP contribution is 2.14. The molecule has 0 saturated carbocycles. The van der Waals surface area contributed by atoms with Crippen LogP contribution >= 0.6 is 0 Å². The van der Waals surface area contributed by atoms with Gasteiger partial charge >= 0.3 is 6.03 Å². The third-order valence-corrected chi connectivity index (χ3v) is 2.79. The van der Waals surface area contributed by atoms with Crippen LogP contribution in [0.25, 0.3) is 0 Å². The summed E-state index contributed by atoms with van der Waals surface area (Å²) in [7, 11) is 0. The van der Waals surface area contributed by atoms with Gasteiger partial charge in [-0.3, -0.25) is 4.84 Å². The molecule has 1 aliphatic rings. The molecule has 0 radical (unpaired) electrons. The van der Waals surface area contributed by atoms with Gasteiger partial charge in [-0.15, -0.1) is 0 Å². The Balaban J connectivity index is 1.86. The number of hydrogen-bond donors (Lipinski definition) is 1. The maximum atomic E-state index is 11.7. The molecule has 1 unspecified atom stereocenters. The quantitative estimate of drug-likeness (QED) is 0.919. The SMILES string of the molecule is CC(C)(C)ON1CC(OCc2ccccc2)CNC1=O. The summed E-state index contributed by atoms with van der Waals surface area (Å²) in [4.78, 5) is 17.3. The first-order valence-electron chi connectivity index (χ1n) is 6.84. The van der Waals surface area contributed by atoms with E-state index in [1.54, 1.807) is 0 Å². The van der Waals surface area contributed by atoms with Gasteiger partial charge in [0.15, 0.2) is 0 Å². The third kappa shape index (κ3) is 4.51. The predicted octanol–water partition coefficient (Wildman–Crippen LogP) is 2.33. The molecule has 2 amide bonds. The minimum atomic E-state index is -0.404. The van der Waals surface area contributed by atoms with Gasteiger partial charge in [-0.05, 0) is 26.3 Å². The lowest BCUT2D eigenvalue weighted by atomic mass is 10.2. The summed E-state index contributed by atoms with van der Waals surface area (Å²) in [6, 6.07) is 9.77. The van der Waals surface area contributed by atoms with Gasteiger partial charge in [0.25, 0.3) is 0 Å². The van der Waals surface area contributed by atoms with Crippen molar-refractivity contribution in [2.45, 2.75) is 39.1 Å². The number of carbonyl (C=O) groups excluding carboxylic acids is 1. The van der Waals surface area contributed by atoms with Crippen molar-refractivity contribution in [1.29, 1.82) is 0 Å². The van der Waals surface area contributed by atoms with E-state index >= 15 is 0 Å². The van der Waals surface area contributed by atoms with Crippen LogP contribution in [0.1, 0.15) is 26.3 Å². The molecule has 20 heavy (non-hydrogen) atoms. The van der Waals surface area contributed by atoms with E-state index in [-0.39, 0.29) is 12.1 Å². The van der Waals surface area contributed by atoms with Crippen molar-refractivity contribution in [2.24, 2.45) is 0 Å². The molecular weight excluding hydrogens is 256 g/mol. The lowest BCUT2D eigenvalue weighted by Crippen LogP contribution is -2.55. The molecule has 0 aliphatic carbocycles. The summed E-state index contributed by atoms with van der Waals surface area (Å²) in [5.41, 5.74) is 0.714. The van der Waals surface area contributed by atoms with Gasteiger partial charge in [-0.25, -0.2) is 9.86 Å². The first-order valence-corrected chi connectivity index (χ1v) is 6.84. The number of hydrogen-bond acceptors (Lipinski definition) is 3. The van der Waals surface area contributed by atoms with E-state index in [4.69, 9.17) is 9.57 Å². The summed E-state index contributed by atoms with van der Waals surface area (Å²) < 4.78 is 5.83. The van der Waals surface area contributed by atoms with Crippen molar-refractivity contribution < 1.29 is 14.4 Å². The lowest BCUT2D eigenvalue weighted by molar-refractivity contribution is -0.212. The molecule has 0 spiro atoms. The second-order valence-electron chi connectivity index (χ2n) is 5.87. The molecule has 1 N–H and O–H groups in total. The Morgan fingerprint density at radius 1 is 1.30 bits per heavy atom. The molecule has 1 aromatic carbocycles. The molecule has 2 rings (SSSR count). The van der Waals surface area contributed by atoms with Crippen LogP contribution in [0.15, 0.2) is 30.3 Å². The Labute approximate surface area is 119 Å². The lowest BCUT2D eigenvalue weighted by Gasteiger charge is -2.36. The summed E-state index contributed by atoms with van der Waals surface area (Å²) in [6.45, 7) is 7.22. The highest BCUT2D eigenvalue weighted by atomic mass is 16.7. The number of hydroxylamine groups is 2. The summed E-state index contributed by atoms with van der Waals surface area (Å²) in [6.07, 6.45) is -0.0738. The Morgan fingerprint density at radius 3 is 2.65 bits per heavy atom. The van der Waals surface area contributed by atoms with Crippen molar-refractivity contribution in [3.8, 4) is 0 Å². The fourth-order valence-electron chi connectivity index (χ4n) is 1.93. The maximum Gasteiger partial charge on any atom is 0.341 e. The van der Waals surface area contributed by atoms with Crippen molar-refractivity contribution in [3.63, 3.8) is 0 Å². The average molecular weight is 278 g/mol. The molecule has 110 valence electrons. The number of urea groups is 1. The smallest absolute Gasteiger partial charge is 0.341 e. The molecule has 1 aromatic rings. The Kier molecular flexibility index (Phi) is 4.62. The van der Waals surface area contributed by atoms with Crippen LogP contribution < -0.4 is 5.32 Å². The maximum absolute atomic E-state index is 11.7. The zero-order valence-corrected chi connectivity index (χ0v) is 12.3. The largest absolute Gasteiger partial charge is 0.370 e. The predicted molar refractivity (Wildman–Crippen MR) is 76.0 cm³/mol. The highest BCUT2D eigenvalue weighted by Gasteiger charge is 2.29. The van der Waals surface area contributed by atoms with Crippen molar-refractivity contribution in [2.75, 3.05) is 13.1 Å². The molecule has 0 bridgehead atoms. The second kappa shape index (κ2) is 6.24. The molecule has 0 aromatic heterocycles. The van der Waals surface area contributed by atoms with Crippen molar-refractivity contribution in [1.82, 2.24) is 10.4 Å². The van der Waals surface area contributed by atoms with Crippen LogP contribution in [-0.4, -0.2) is 35.9 Å². The van der Waals surface area contributed by atoms with Gasteiger partial charge in [0.05, 0.1) is 24.9 Å². The molecule has 1 saturated heterocycles. The van der Waals surface area contributed by atoms with Crippen molar-refractivity contribution in [3.05, 3.63) is 35.9 Å². The minimum Gasteiger partial charge on any atom is -0.370 e. The standard InChI is InChI=1S/C15H22N2O3/c1-15(2,3)20-17-10-13(9-16-14(17)18)19-11-12-7-5-4-6-8-12/h4-8,13H,9-11H2,1-3H3,(H,16,18). The van der Waals surface area contributed by atoms with Gasteiger partial charge in [0.1, 0.15) is 0 Å². The Hall–Kier alpha value is -1.59. The van der Waals surface area contributed by atoms with Crippen LogP contribution in [0, 0.1) is 0 Å². The van der Waals surface area contributed by atoms with Gasteiger partial charge < -0.3 is 10.1 Å². The topological polar surface area (TPSA) is 50.8 Å². The average Bonchev–Trinajstić information content (AvgIpc) is 2.39. The van der Waals surface area contributed by atoms with E-state index < -0.39 is 5.60 Å². The Morgan fingerprint density at radius 2 is 2.00 bits per heavy atom. The normalized spacial score (nSPS) is 19.9. The number of nitrogens with zero attached hydrogens (tertiary/aromatic N) is 1. The minimum absolute atomic E-state index is 0.0738. The summed E-state index contributed by atoms with van der Waals surface area (Å²) in [5, 5.41) is 4.12. The van der Waals surface area contributed by atoms with Gasteiger partial charge in [-0.1, -0.05) is 30.3 Å². The zero-order valence-electron chi connectivity index (χ0n) is 12.3. The number of benzene rings is 1. The monoisotopic (exact) mass is 278 g/mol. The number of rotatable bonds is 4. The first-order chi connectivity index (χ1) is 9.44. The van der Waals surface area contributed by atoms with Crippen molar-refractivity contribution >= 4 is 6.03 Å². The number of amides is 2. The zero-order chi connectivity index (χ0) is 14.6. The number of carbonyl (C=O) groups is 1. The summed E-state index contributed by atoms with van der Waals surface area (Å²) in [5.74, 6) is 0. The van der Waals surface area contributed by atoms with E-state index in [2.05, 4.69) is 5.32 Å². The van der Waals surface area contributed by atoms with Crippen LogP contribution in [0.2, 0.25) is 0 Å². The number of ether oxygens (including phenoxy) is 1. The highest BCUT2D eigenvalue weighted by molar-refractivity contribution is 5.73. The van der Waals surface area contributed by atoms with E-state index in [0.29, 0.717) is 19.7 Å². The van der Waals surface area contributed by atoms with Gasteiger partial charge in [0.2, 0.25) is 0 Å². The fraction of sp³-hybridized carbons (Fsp3) is 0.533. The Bertz CT molecular complexity index is 442. The van der Waals surface area contributed by atoms with Crippen LogP contribution in [0.5, 0.6) is 0 Å². The molecule has 5 heteroatoms. The molecule has 1 atom stereocenters. The van der Waals surface area contributed by atoms with Gasteiger partial charge in [0, 0.05) is 6.54 Å². The van der Waals surface area contributed by atoms with E-state index in [1.165, 1.54) is 5.06 Å². The molecule has 1 aliphatic heterocycles. The summed E-state index contributed by atoms with van der Waals surface area (Å²) >= 11 is 0. The van der Waals surface area contributed by atoms with Crippen LogP contribution in [0.3, 0.4) is 0 Å². The van der Waals surface area contributed by atoms with E-state index in [9.17, 15) is 4.79 Å². The van der Waals surface area contributed by atoms with E-state index in [1.807, 2.05) is 51.1 Å². The fourth-order valence-corrected chi connectivity index (χ4v) is 1.93. The van der Waals surface area contributed by atoms with Crippen LogP contribution in [0.4, 0.5) is 4.79 Å². The molecule has 1 heterocycles. The third-order valence-electron chi connectivity index (χ3n) is 2.79.